The van der Waals surface area contributed by atoms with Crippen LogP contribution in [0.15, 0.2) is 0 Å². The molecule has 0 spiro atoms. The predicted octanol–water partition coefficient (Wildman–Crippen LogP) is 1.09. The molecule has 0 aromatic heterocycles. The summed E-state index contributed by atoms with van der Waals surface area (Å²) in [5.41, 5.74) is -0.258. The van der Waals surface area contributed by atoms with Crippen molar-refractivity contribution < 1.29 is 14.7 Å². The molecule has 0 aromatic rings. The van der Waals surface area contributed by atoms with Gasteiger partial charge in [0.1, 0.15) is 0 Å². The van der Waals surface area contributed by atoms with E-state index in [1.54, 1.807) is 4.90 Å². The van der Waals surface area contributed by atoms with Crippen molar-refractivity contribution in [2.24, 2.45) is 11.3 Å². The first-order valence-corrected chi connectivity index (χ1v) is 7.32. The molecule has 2 saturated heterocycles. The minimum atomic E-state index is -0.770. The second-order valence-corrected chi connectivity index (χ2v) is 5.81. The molecule has 108 valence electrons. The summed E-state index contributed by atoms with van der Waals surface area (Å²) >= 11 is 0. The van der Waals surface area contributed by atoms with Crippen LogP contribution in [0, 0.1) is 11.3 Å². The van der Waals surface area contributed by atoms with Gasteiger partial charge in [0.15, 0.2) is 0 Å². The highest BCUT2D eigenvalue weighted by Crippen LogP contribution is 2.35. The maximum atomic E-state index is 12.8. The molecule has 1 unspecified atom stereocenters. The van der Waals surface area contributed by atoms with Gasteiger partial charge in [0, 0.05) is 13.1 Å². The Hall–Kier alpha value is -1.10. The normalized spacial score (nSPS) is 27.0. The summed E-state index contributed by atoms with van der Waals surface area (Å²) in [5, 5.41) is 12.4. The Balaban J connectivity index is 2.06. The van der Waals surface area contributed by atoms with Gasteiger partial charge in [-0.15, -0.1) is 0 Å². The lowest BCUT2D eigenvalue weighted by Crippen LogP contribution is -2.52. The third-order valence-corrected chi connectivity index (χ3v) is 4.75. The summed E-state index contributed by atoms with van der Waals surface area (Å²) in [7, 11) is 0. The monoisotopic (exact) mass is 268 g/mol. The maximum absolute atomic E-state index is 12.8. The summed E-state index contributed by atoms with van der Waals surface area (Å²) in [6.45, 7) is 4.95. The number of nitrogens with one attached hydrogen (secondary N) is 1. The van der Waals surface area contributed by atoms with E-state index >= 15 is 0 Å². The average molecular weight is 268 g/mol. The van der Waals surface area contributed by atoms with Gasteiger partial charge in [-0.25, -0.2) is 0 Å². The van der Waals surface area contributed by atoms with E-state index in [0.717, 1.165) is 45.3 Å². The van der Waals surface area contributed by atoms with E-state index in [2.05, 4.69) is 12.2 Å². The van der Waals surface area contributed by atoms with Crippen molar-refractivity contribution in [3.8, 4) is 0 Å². The Labute approximate surface area is 114 Å². The molecular weight excluding hydrogens is 244 g/mol. The number of carbonyl (C=O) groups excluding carboxylic acids is 1. The SMILES string of the molecule is CCC1(C(=O)N2CCCC(C(=O)O)C2)CCNCC1. The second kappa shape index (κ2) is 5.90. The smallest absolute Gasteiger partial charge is 0.308 e. The molecule has 5 heteroatoms. The molecule has 2 heterocycles. The molecule has 0 bridgehead atoms. The van der Waals surface area contributed by atoms with Gasteiger partial charge in [-0.2, -0.15) is 0 Å². The molecule has 0 saturated carbocycles. The van der Waals surface area contributed by atoms with Crippen molar-refractivity contribution in [3.05, 3.63) is 0 Å². The number of hydrogen-bond donors (Lipinski definition) is 2. The number of aliphatic carboxylic acids is 1. The number of amides is 1. The Kier molecular flexibility index (Phi) is 4.45. The number of hydrogen-bond acceptors (Lipinski definition) is 3. The van der Waals surface area contributed by atoms with Crippen molar-refractivity contribution in [2.45, 2.75) is 39.0 Å². The van der Waals surface area contributed by atoms with Crippen LogP contribution >= 0.6 is 0 Å². The Bertz CT molecular complexity index is 351. The fourth-order valence-corrected chi connectivity index (χ4v) is 3.32. The number of carboxylic acid groups (broad SMARTS) is 1. The molecule has 2 fully saturated rings. The van der Waals surface area contributed by atoms with Crippen molar-refractivity contribution in [2.75, 3.05) is 26.2 Å². The lowest BCUT2D eigenvalue weighted by Gasteiger charge is -2.41. The summed E-state index contributed by atoms with van der Waals surface area (Å²) in [4.78, 5) is 25.7. The van der Waals surface area contributed by atoms with E-state index in [-0.39, 0.29) is 17.2 Å². The maximum Gasteiger partial charge on any atom is 0.308 e. The van der Waals surface area contributed by atoms with E-state index in [9.17, 15) is 9.59 Å². The van der Waals surface area contributed by atoms with Crippen molar-refractivity contribution >= 4 is 11.9 Å². The number of carbonyl (C=O) groups is 2. The highest BCUT2D eigenvalue weighted by Gasteiger charge is 2.42. The van der Waals surface area contributed by atoms with Gasteiger partial charge in [0.25, 0.3) is 0 Å². The van der Waals surface area contributed by atoms with Gasteiger partial charge in [0.2, 0.25) is 5.91 Å². The number of carboxylic acids is 1. The highest BCUT2D eigenvalue weighted by atomic mass is 16.4. The summed E-state index contributed by atoms with van der Waals surface area (Å²) in [6, 6.07) is 0. The van der Waals surface area contributed by atoms with Gasteiger partial charge in [-0.3, -0.25) is 9.59 Å². The Morgan fingerprint density at radius 1 is 1.37 bits per heavy atom. The van der Waals surface area contributed by atoms with Crippen LogP contribution in [0.25, 0.3) is 0 Å². The minimum absolute atomic E-state index is 0.183. The van der Waals surface area contributed by atoms with Crippen LogP contribution in [0.2, 0.25) is 0 Å². The molecular formula is C14H24N2O3. The van der Waals surface area contributed by atoms with Gasteiger partial charge >= 0.3 is 5.97 Å². The summed E-state index contributed by atoms with van der Waals surface area (Å²) < 4.78 is 0. The van der Waals surface area contributed by atoms with Crippen LogP contribution in [0.4, 0.5) is 0 Å². The zero-order valence-corrected chi connectivity index (χ0v) is 11.7. The molecule has 2 aliphatic rings. The molecule has 2 rings (SSSR count). The van der Waals surface area contributed by atoms with Gasteiger partial charge in [0.05, 0.1) is 11.3 Å². The molecule has 0 aromatic carbocycles. The number of likely N-dealkylation sites (tertiary alicyclic amines) is 1. The minimum Gasteiger partial charge on any atom is -0.481 e. The lowest BCUT2D eigenvalue weighted by molar-refractivity contribution is -0.150. The first-order valence-electron chi connectivity index (χ1n) is 7.32. The van der Waals surface area contributed by atoms with E-state index in [4.69, 9.17) is 5.11 Å². The standard InChI is InChI=1S/C14H24N2O3/c1-2-14(5-7-15-8-6-14)13(19)16-9-3-4-11(10-16)12(17)18/h11,15H,2-10H2,1H3,(H,17,18). The Morgan fingerprint density at radius 2 is 2.05 bits per heavy atom. The second-order valence-electron chi connectivity index (χ2n) is 5.81. The Morgan fingerprint density at radius 3 is 2.63 bits per heavy atom. The van der Waals surface area contributed by atoms with Crippen LogP contribution in [0.5, 0.6) is 0 Å². The third kappa shape index (κ3) is 2.91. The average Bonchev–Trinajstić information content (AvgIpc) is 2.47. The number of piperidine rings is 2. The molecule has 2 aliphatic heterocycles. The van der Waals surface area contributed by atoms with E-state index in [1.807, 2.05) is 0 Å². The van der Waals surface area contributed by atoms with E-state index < -0.39 is 5.97 Å². The van der Waals surface area contributed by atoms with E-state index in [0.29, 0.717) is 13.0 Å². The van der Waals surface area contributed by atoms with Crippen LogP contribution in [-0.4, -0.2) is 48.1 Å². The van der Waals surface area contributed by atoms with Crippen molar-refractivity contribution in [3.63, 3.8) is 0 Å². The third-order valence-electron chi connectivity index (χ3n) is 4.75. The predicted molar refractivity (Wildman–Crippen MR) is 71.8 cm³/mol. The zero-order valence-electron chi connectivity index (χ0n) is 11.7. The molecule has 5 nitrogen and oxygen atoms in total. The van der Waals surface area contributed by atoms with E-state index in [1.165, 1.54) is 0 Å². The van der Waals surface area contributed by atoms with Crippen LogP contribution < -0.4 is 5.32 Å². The summed E-state index contributed by atoms with van der Waals surface area (Å²) in [6.07, 6.45) is 4.09. The van der Waals surface area contributed by atoms with Crippen LogP contribution in [-0.2, 0) is 9.59 Å². The molecule has 2 N–H and O–H groups in total. The van der Waals surface area contributed by atoms with Crippen molar-refractivity contribution in [1.29, 1.82) is 0 Å². The molecule has 1 amide bonds. The molecule has 19 heavy (non-hydrogen) atoms. The number of rotatable bonds is 3. The van der Waals surface area contributed by atoms with Crippen LogP contribution in [0.1, 0.15) is 39.0 Å². The first kappa shape index (κ1) is 14.3. The van der Waals surface area contributed by atoms with Crippen LogP contribution in [0.3, 0.4) is 0 Å². The summed E-state index contributed by atoms with van der Waals surface area (Å²) in [5.74, 6) is -0.968. The highest BCUT2D eigenvalue weighted by molar-refractivity contribution is 5.83. The van der Waals surface area contributed by atoms with Crippen molar-refractivity contribution in [1.82, 2.24) is 10.2 Å². The van der Waals surface area contributed by atoms with Gasteiger partial charge in [-0.1, -0.05) is 6.92 Å². The molecule has 0 aliphatic carbocycles. The molecule has 0 radical (unpaired) electrons. The van der Waals surface area contributed by atoms with Gasteiger partial charge < -0.3 is 15.3 Å². The topological polar surface area (TPSA) is 69.6 Å². The zero-order chi connectivity index (χ0) is 13.9. The fraction of sp³-hybridized carbons (Fsp3) is 0.857. The molecule has 1 atom stereocenters. The first-order chi connectivity index (χ1) is 9.09. The lowest BCUT2D eigenvalue weighted by atomic mass is 9.75. The number of nitrogens with zero attached hydrogens (tertiary/aromatic N) is 1. The quantitative estimate of drug-likeness (QED) is 0.804. The largest absolute Gasteiger partial charge is 0.481 e. The van der Waals surface area contributed by atoms with Gasteiger partial charge in [-0.05, 0) is 45.2 Å². The fourth-order valence-electron chi connectivity index (χ4n) is 3.32.